The first-order chi connectivity index (χ1) is 11.9. The molecule has 0 saturated carbocycles. The molecular weight excluding hydrogens is 332 g/mol. The molecule has 1 aromatic heterocycles. The maximum Gasteiger partial charge on any atom is 0.257 e. The number of hydrogen-bond donors (Lipinski definition) is 1. The largest absolute Gasteiger partial charge is 0.298 e. The number of aryl methyl sites for hydroxylation is 2. The molecule has 0 aliphatic rings. The highest BCUT2D eigenvalue weighted by Gasteiger charge is 2.18. The SMILES string of the molecule is CC(=O)c1sc(NC(=O)c2cc(C)cc(C)c2)nc1-c1ccccc1. The van der Waals surface area contributed by atoms with Crippen molar-refractivity contribution >= 4 is 28.2 Å². The third-order valence-corrected chi connectivity index (χ3v) is 4.77. The topological polar surface area (TPSA) is 59.1 Å². The van der Waals surface area contributed by atoms with Crippen LogP contribution in [0.4, 0.5) is 5.13 Å². The van der Waals surface area contributed by atoms with Crippen LogP contribution in [0.2, 0.25) is 0 Å². The summed E-state index contributed by atoms with van der Waals surface area (Å²) in [5, 5.41) is 3.24. The number of carbonyl (C=O) groups is 2. The number of hydrogen-bond acceptors (Lipinski definition) is 4. The first-order valence-electron chi connectivity index (χ1n) is 7.91. The van der Waals surface area contributed by atoms with Crippen molar-refractivity contribution in [2.24, 2.45) is 0 Å². The Bertz CT molecular complexity index is 925. The van der Waals surface area contributed by atoms with Crippen LogP contribution in [0, 0.1) is 13.8 Å². The molecule has 0 fully saturated rings. The minimum atomic E-state index is -0.227. The maximum absolute atomic E-state index is 12.5. The number of nitrogens with one attached hydrogen (secondary N) is 1. The van der Waals surface area contributed by atoms with Gasteiger partial charge in [0.25, 0.3) is 5.91 Å². The summed E-state index contributed by atoms with van der Waals surface area (Å²) in [6.45, 7) is 5.42. The van der Waals surface area contributed by atoms with Crippen molar-refractivity contribution in [1.29, 1.82) is 0 Å². The van der Waals surface area contributed by atoms with Gasteiger partial charge in [-0.2, -0.15) is 0 Å². The summed E-state index contributed by atoms with van der Waals surface area (Å²) in [6.07, 6.45) is 0. The summed E-state index contributed by atoms with van der Waals surface area (Å²) in [4.78, 5) is 29.5. The average Bonchev–Trinajstić information content (AvgIpc) is 2.99. The molecule has 0 bridgehead atoms. The van der Waals surface area contributed by atoms with Gasteiger partial charge in [-0.1, -0.05) is 58.9 Å². The molecule has 2 aromatic carbocycles. The van der Waals surface area contributed by atoms with Gasteiger partial charge < -0.3 is 0 Å². The molecule has 0 saturated heterocycles. The van der Waals surface area contributed by atoms with Crippen LogP contribution in [-0.4, -0.2) is 16.7 Å². The van der Waals surface area contributed by atoms with Crippen LogP contribution in [0.3, 0.4) is 0 Å². The summed E-state index contributed by atoms with van der Waals surface area (Å²) < 4.78 is 0. The van der Waals surface area contributed by atoms with Crippen LogP contribution < -0.4 is 5.32 Å². The number of amides is 1. The second-order valence-electron chi connectivity index (χ2n) is 5.95. The van der Waals surface area contributed by atoms with E-state index in [0.29, 0.717) is 21.3 Å². The minimum Gasteiger partial charge on any atom is -0.298 e. The van der Waals surface area contributed by atoms with E-state index in [0.717, 1.165) is 16.7 Å². The highest BCUT2D eigenvalue weighted by molar-refractivity contribution is 7.18. The van der Waals surface area contributed by atoms with Crippen molar-refractivity contribution in [1.82, 2.24) is 4.98 Å². The number of aromatic nitrogens is 1. The molecule has 0 radical (unpaired) electrons. The van der Waals surface area contributed by atoms with E-state index in [9.17, 15) is 9.59 Å². The molecule has 0 aliphatic heterocycles. The number of Topliss-reactive ketones (excluding diaryl/α,β-unsaturated/α-hetero) is 1. The van der Waals surface area contributed by atoms with E-state index < -0.39 is 0 Å². The predicted molar refractivity (Wildman–Crippen MR) is 101 cm³/mol. The van der Waals surface area contributed by atoms with Crippen molar-refractivity contribution in [3.8, 4) is 11.3 Å². The van der Waals surface area contributed by atoms with Gasteiger partial charge in [-0.25, -0.2) is 4.98 Å². The van der Waals surface area contributed by atoms with Crippen LogP contribution in [0.5, 0.6) is 0 Å². The summed E-state index contributed by atoms with van der Waals surface area (Å²) in [5.41, 5.74) is 4.10. The van der Waals surface area contributed by atoms with Crippen LogP contribution in [-0.2, 0) is 0 Å². The van der Waals surface area contributed by atoms with Crippen LogP contribution in [0.1, 0.15) is 38.1 Å². The first kappa shape index (κ1) is 17.0. The lowest BCUT2D eigenvalue weighted by atomic mass is 10.1. The second-order valence-corrected chi connectivity index (χ2v) is 6.95. The molecule has 5 heteroatoms. The zero-order valence-corrected chi connectivity index (χ0v) is 15.1. The predicted octanol–water partition coefficient (Wildman–Crippen LogP) is 4.88. The summed E-state index contributed by atoms with van der Waals surface area (Å²) in [7, 11) is 0. The Kier molecular flexibility index (Phi) is 4.76. The van der Waals surface area contributed by atoms with Gasteiger partial charge in [0.05, 0.1) is 10.6 Å². The summed E-state index contributed by atoms with van der Waals surface area (Å²) in [6, 6.07) is 15.2. The molecule has 1 amide bonds. The molecule has 25 heavy (non-hydrogen) atoms. The van der Waals surface area contributed by atoms with Crippen molar-refractivity contribution < 1.29 is 9.59 Å². The maximum atomic E-state index is 12.5. The third kappa shape index (κ3) is 3.83. The number of nitrogens with zero attached hydrogens (tertiary/aromatic N) is 1. The van der Waals surface area contributed by atoms with E-state index in [4.69, 9.17) is 0 Å². The number of ketones is 1. The normalized spacial score (nSPS) is 10.5. The molecule has 0 unspecified atom stereocenters. The van der Waals surface area contributed by atoms with Gasteiger partial charge in [0, 0.05) is 18.1 Å². The average molecular weight is 350 g/mol. The zero-order valence-electron chi connectivity index (χ0n) is 14.3. The van der Waals surface area contributed by atoms with Gasteiger partial charge in [-0.15, -0.1) is 0 Å². The molecule has 1 heterocycles. The van der Waals surface area contributed by atoms with Gasteiger partial charge in [0.1, 0.15) is 0 Å². The fourth-order valence-electron chi connectivity index (χ4n) is 2.68. The molecule has 126 valence electrons. The Morgan fingerprint density at radius 3 is 2.24 bits per heavy atom. The van der Waals surface area contributed by atoms with Gasteiger partial charge >= 0.3 is 0 Å². The minimum absolute atomic E-state index is 0.0664. The third-order valence-electron chi connectivity index (χ3n) is 3.70. The van der Waals surface area contributed by atoms with Crippen molar-refractivity contribution in [2.75, 3.05) is 5.32 Å². The monoisotopic (exact) mass is 350 g/mol. The van der Waals surface area contributed by atoms with E-state index >= 15 is 0 Å². The molecule has 3 rings (SSSR count). The lowest BCUT2D eigenvalue weighted by molar-refractivity contribution is 0.101. The van der Waals surface area contributed by atoms with E-state index in [1.807, 2.05) is 62.4 Å². The smallest absolute Gasteiger partial charge is 0.257 e. The number of rotatable bonds is 4. The molecule has 0 spiro atoms. The quantitative estimate of drug-likeness (QED) is 0.682. The van der Waals surface area contributed by atoms with E-state index in [1.165, 1.54) is 18.3 Å². The van der Waals surface area contributed by atoms with Crippen LogP contribution >= 0.6 is 11.3 Å². The second kappa shape index (κ2) is 6.99. The fourth-order valence-corrected chi connectivity index (χ4v) is 3.56. The van der Waals surface area contributed by atoms with Crippen molar-refractivity contribution in [3.63, 3.8) is 0 Å². The van der Waals surface area contributed by atoms with Crippen molar-refractivity contribution in [2.45, 2.75) is 20.8 Å². The zero-order chi connectivity index (χ0) is 18.0. The van der Waals surface area contributed by atoms with E-state index in [2.05, 4.69) is 10.3 Å². The highest BCUT2D eigenvalue weighted by atomic mass is 32.1. The Morgan fingerprint density at radius 2 is 1.64 bits per heavy atom. The molecular formula is C20H18N2O2S. The Balaban J connectivity index is 1.93. The lowest BCUT2D eigenvalue weighted by Crippen LogP contribution is -2.12. The number of carbonyl (C=O) groups excluding carboxylic acids is 2. The Morgan fingerprint density at radius 1 is 1.00 bits per heavy atom. The van der Waals surface area contributed by atoms with Crippen molar-refractivity contribution in [3.05, 3.63) is 70.1 Å². The number of benzene rings is 2. The number of thiazole rings is 1. The molecule has 0 atom stereocenters. The molecule has 1 N–H and O–H groups in total. The molecule has 4 nitrogen and oxygen atoms in total. The standard InChI is InChI=1S/C20H18N2O2S/c1-12-9-13(2)11-16(10-12)19(24)22-20-21-17(18(25-20)14(3)23)15-7-5-4-6-8-15/h4-11H,1-3H3,(H,21,22,24). The molecule has 0 aliphatic carbocycles. The first-order valence-corrected chi connectivity index (χ1v) is 8.72. The van der Waals surface area contributed by atoms with Gasteiger partial charge in [-0.05, 0) is 26.0 Å². The van der Waals surface area contributed by atoms with Gasteiger partial charge in [-0.3, -0.25) is 14.9 Å². The highest BCUT2D eigenvalue weighted by Crippen LogP contribution is 2.31. The van der Waals surface area contributed by atoms with Crippen LogP contribution in [0.15, 0.2) is 48.5 Å². The lowest BCUT2D eigenvalue weighted by Gasteiger charge is -2.04. The molecule has 3 aromatic rings. The Hall–Kier alpha value is -2.79. The van der Waals surface area contributed by atoms with E-state index in [1.54, 1.807) is 0 Å². The Labute approximate surface area is 150 Å². The van der Waals surface area contributed by atoms with E-state index in [-0.39, 0.29) is 11.7 Å². The van der Waals surface area contributed by atoms with Crippen LogP contribution in [0.25, 0.3) is 11.3 Å². The summed E-state index contributed by atoms with van der Waals surface area (Å²) in [5.74, 6) is -0.293. The van der Waals surface area contributed by atoms with Gasteiger partial charge in [0.15, 0.2) is 10.9 Å². The summed E-state index contributed by atoms with van der Waals surface area (Å²) >= 11 is 1.20. The fraction of sp³-hybridized carbons (Fsp3) is 0.150. The van der Waals surface area contributed by atoms with Gasteiger partial charge in [0.2, 0.25) is 0 Å². The number of anilines is 1.